The molecule has 6 aromatic carbocycles. The van der Waals surface area contributed by atoms with Crippen LogP contribution in [0.4, 0.5) is 0 Å². The molecule has 0 amide bonds. The molecule has 2 aliphatic rings. The van der Waals surface area contributed by atoms with Crippen LogP contribution in [0.2, 0.25) is 5.02 Å². The minimum Gasteiger partial charge on any atom is -0.309 e. The molecule has 0 radical (unpaired) electrons. The highest BCUT2D eigenvalue weighted by Crippen LogP contribution is 2.41. The summed E-state index contributed by atoms with van der Waals surface area (Å²) in [7, 11) is -2.61. The monoisotopic (exact) mass is 531 g/mol. The average Bonchev–Trinajstić information content (AvgIpc) is 3.58. The smallest absolute Gasteiger partial charge is 0.183 e. The van der Waals surface area contributed by atoms with Gasteiger partial charge in [-0.3, -0.25) is 0 Å². The first-order valence-electron chi connectivity index (χ1n) is 13.4. The van der Waals surface area contributed by atoms with Crippen molar-refractivity contribution in [1.29, 1.82) is 0 Å². The maximum absolute atomic E-state index is 7.22. The molecule has 1 spiro atoms. The summed E-state index contributed by atoms with van der Waals surface area (Å²) in [6.45, 7) is 0. The van der Waals surface area contributed by atoms with Gasteiger partial charge in [0.15, 0.2) is 8.07 Å². The molecular formula is C36H22ClNSi. The molecule has 0 fully saturated rings. The van der Waals surface area contributed by atoms with Crippen LogP contribution in [0.15, 0.2) is 133 Å². The first-order chi connectivity index (χ1) is 19.3. The topological polar surface area (TPSA) is 4.93 Å². The minimum atomic E-state index is -2.61. The number of hydrogen-bond acceptors (Lipinski definition) is 0. The van der Waals surface area contributed by atoms with Crippen molar-refractivity contribution in [1.82, 2.24) is 4.57 Å². The summed E-state index contributed by atoms with van der Waals surface area (Å²) >= 11 is 7.22. The number of fused-ring (bicyclic) bond motifs is 13. The lowest BCUT2D eigenvalue weighted by Gasteiger charge is -2.28. The van der Waals surface area contributed by atoms with E-state index in [2.05, 4.69) is 138 Å². The second kappa shape index (κ2) is 7.60. The minimum absolute atomic E-state index is 0.877. The van der Waals surface area contributed by atoms with Crippen LogP contribution in [0.5, 0.6) is 0 Å². The summed E-state index contributed by atoms with van der Waals surface area (Å²) in [5.74, 6) is 0. The van der Waals surface area contributed by atoms with Gasteiger partial charge in [-0.1, -0.05) is 115 Å². The van der Waals surface area contributed by atoms with Crippen molar-refractivity contribution < 1.29 is 0 Å². The molecule has 0 unspecified atom stereocenters. The number of benzene rings is 6. The highest BCUT2D eigenvalue weighted by molar-refractivity contribution is 7.25. The van der Waals surface area contributed by atoms with Crippen molar-refractivity contribution in [2.75, 3.05) is 0 Å². The molecule has 0 N–H and O–H groups in total. The molecule has 3 heterocycles. The Morgan fingerprint density at radius 3 is 1.87 bits per heavy atom. The van der Waals surface area contributed by atoms with Gasteiger partial charge in [-0.25, -0.2) is 0 Å². The third kappa shape index (κ3) is 2.56. The molecule has 0 saturated heterocycles. The van der Waals surface area contributed by atoms with Gasteiger partial charge in [-0.05, 0) is 73.3 Å². The summed E-state index contributed by atoms with van der Waals surface area (Å²) in [6, 6.07) is 49.0. The fraction of sp³-hybridized carbons (Fsp3) is 0. The Labute approximate surface area is 232 Å². The number of rotatable bonds is 1. The van der Waals surface area contributed by atoms with Gasteiger partial charge in [0.2, 0.25) is 0 Å². The number of halogens is 1. The largest absolute Gasteiger partial charge is 0.309 e. The molecule has 0 atom stereocenters. The number of para-hydroxylation sites is 2. The molecule has 39 heavy (non-hydrogen) atoms. The van der Waals surface area contributed by atoms with E-state index in [1.807, 2.05) is 0 Å². The fourth-order valence-electron chi connectivity index (χ4n) is 7.46. The SMILES string of the molecule is Clc1cccc2c1[Si]1(c3ccccc3-c3ccccc31)c1cc3c4ccccc4n(-c4ccccc4)c3cc1-2. The Morgan fingerprint density at radius 1 is 0.462 bits per heavy atom. The highest BCUT2D eigenvalue weighted by Gasteiger charge is 2.55. The molecule has 1 aromatic heterocycles. The summed E-state index contributed by atoms with van der Waals surface area (Å²) in [4.78, 5) is 0. The second-order valence-corrected chi connectivity index (χ2v) is 14.6. The first kappa shape index (κ1) is 21.5. The van der Waals surface area contributed by atoms with Crippen molar-refractivity contribution in [3.8, 4) is 27.9 Å². The quantitative estimate of drug-likeness (QED) is 0.206. The lowest BCUT2D eigenvalue weighted by atomic mass is 10.0. The molecule has 9 rings (SSSR count). The van der Waals surface area contributed by atoms with Gasteiger partial charge in [-0.2, -0.15) is 0 Å². The number of nitrogens with zero attached hydrogens (tertiary/aromatic N) is 1. The molecule has 0 saturated carbocycles. The first-order valence-corrected chi connectivity index (χ1v) is 15.8. The molecule has 0 bridgehead atoms. The van der Waals surface area contributed by atoms with E-state index in [4.69, 9.17) is 11.6 Å². The van der Waals surface area contributed by atoms with Crippen LogP contribution in [0.25, 0.3) is 49.7 Å². The van der Waals surface area contributed by atoms with E-state index >= 15 is 0 Å². The van der Waals surface area contributed by atoms with Crippen LogP contribution in [-0.4, -0.2) is 12.6 Å². The van der Waals surface area contributed by atoms with Crippen molar-refractivity contribution in [3.63, 3.8) is 0 Å². The zero-order valence-corrected chi connectivity index (χ0v) is 22.8. The Balaban J connectivity index is 1.51. The van der Waals surface area contributed by atoms with E-state index in [9.17, 15) is 0 Å². The van der Waals surface area contributed by atoms with Crippen molar-refractivity contribution >= 4 is 62.2 Å². The van der Waals surface area contributed by atoms with E-state index < -0.39 is 8.07 Å². The normalized spacial score (nSPS) is 14.0. The molecule has 0 aliphatic carbocycles. The zero-order chi connectivity index (χ0) is 25.7. The lowest BCUT2D eigenvalue weighted by Crippen LogP contribution is -2.71. The summed E-state index contributed by atoms with van der Waals surface area (Å²) in [6.07, 6.45) is 0. The standard InChI is InChI=1S/C36H22ClNSi/c37-30-17-10-16-27-29-21-32-28(24-13-4-7-18-31(24)38(32)23-11-2-1-3-12-23)22-35(29)39(36(27)30)33-19-8-5-14-25(33)26-15-6-9-20-34(26)39/h1-22H. The Kier molecular flexibility index (Phi) is 4.20. The Bertz CT molecular complexity index is 2090. The van der Waals surface area contributed by atoms with Crippen molar-refractivity contribution in [3.05, 3.63) is 138 Å². The summed E-state index contributed by atoms with van der Waals surface area (Å²) in [5.41, 5.74) is 8.95. The Morgan fingerprint density at radius 2 is 1.10 bits per heavy atom. The third-order valence-corrected chi connectivity index (χ3v) is 14.3. The molecule has 1 nitrogen and oxygen atoms in total. The molecule has 2 aliphatic heterocycles. The molecular weight excluding hydrogens is 510 g/mol. The highest BCUT2D eigenvalue weighted by atomic mass is 35.5. The van der Waals surface area contributed by atoms with Gasteiger partial charge in [0.05, 0.1) is 11.0 Å². The van der Waals surface area contributed by atoms with Crippen LogP contribution >= 0.6 is 11.6 Å². The van der Waals surface area contributed by atoms with E-state index in [1.165, 1.54) is 70.5 Å². The van der Waals surface area contributed by atoms with Crippen molar-refractivity contribution in [2.24, 2.45) is 0 Å². The number of aromatic nitrogens is 1. The van der Waals surface area contributed by atoms with Crippen molar-refractivity contribution in [2.45, 2.75) is 0 Å². The van der Waals surface area contributed by atoms with E-state index in [0.29, 0.717) is 0 Å². The second-order valence-electron chi connectivity index (χ2n) is 10.6. The van der Waals surface area contributed by atoms with Crippen LogP contribution < -0.4 is 20.7 Å². The molecule has 3 heteroatoms. The van der Waals surface area contributed by atoms with Crippen LogP contribution in [0, 0.1) is 0 Å². The maximum Gasteiger partial charge on any atom is 0.183 e. The maximum atomic E-state index is 7.22. The van der Waals surface area contributed by atoms with Gasteiger partial charge in [0, 0.05) is 21.5 Å². The zero-order valence-electron chi connectivity index (χ0n) is 21.0. The van der Waals surface area contributed by atoms with Gasteiger partial charge in [0.1, 0.15) is 0 Å². The van der Waals surface area contributed by atoms with Crippen LogP contribution in [0.1, 0.15) is 0 Å². The molecule has 7 aromatic rings. The summed E-state index contributed by atoms with van der Waals surface area (Å²) in [5, 5.41) is 9.14. The summed E-state index contributed by atoms with van der Waals surface area (Å²) < 4.78 is 2.41. The Hall–Kier alpha value is -4.37. The van der Waals surface area contributed by atoms with E-state index in [0.717, 1.165) is 5.02 Å². The van der Waals surface area contributed by atoms with E-state index in [-0.39, 0.29) is 0 Å². The predicted molar refractivity (Wildman–Crippen MR) is 167 cm³/mol. The molecule has 182 valence electrons. The lowest BCUT2D eigenvalue weighted by molar-refractivity contribution is 1.18. The van der Waals surface area contributed by atoms with Gasteiger partial charge >= 0.3 is 0 Å². The van der Waals surface area contributed by atoms with Crippen LogP contribution in [0.3, 0.4) is 0 Å². The van der Waals surface area contributed by atoms with Gasteiger partial charge in [0.25, 0.3) is 0 Å². The van der Waals surface area contributed by atoms with Crippen LogP contribution in [-0.2, 0) is 0 Å². The van der Waals surface area contributed by atoms with Gasteiger partial charge < -0.3 is 4.57 Å². The number of hydrogen-bond donors (Lipinski definition) is 0. The van der Waals surface area contributed by atoms with E-state index in [1.54, 1.807) is 0 Å². The predicted octanol–water partition coefficient (Wildman–Crippen LogP) is 6.78. The third-order valence-electron chi connectivity index (χ3n) is 8.86. The van der Waals surface area contributed by atoms with Gasteiger partial charge in [-0.15, -0.1) is 0 Å². The fourth-order valence-corrected chi connectivity index (χ4v) is 13.7. The average molecular weight is 532 g/mol.